The summed E-state index contributed by atoms with van der Waals surface area (Å²) >= 11 is 0. The van der Waals surface area contributed by atoms with Gasteiger partial charge >= 0.3 is 0 Å². The van der Waals surface area contributed by atoms with Gasteiger partial charge in [-0.1, -0.05) is 0 Å². The number of aliphatic hydroxyl groups is 3. The maximum atomic E-state index is 13.6. The van der Waals surface area contributed by atoms with Gasteiger partial charge in [-0.15, -0.1) is 0 Å². The molecule has 4 N–H and O–H groups in total. The molecule has 0 bridgehead atoms. The van der Waals surface area contributed by atoms with Gasteiger partial charge in [0.05, 0.1) is 44.8 Å². The highest BCUT2D eigenvalue weighted by atomic mass is 16.5. The van der Waals surface area contributed by atoms with Crippen LogP contribution in [0.1, 0.15) is 36.3 Å². The lowest BCUT2D eigenvalue weighted by Gasteiger charge is -2.41. The molecule has 36 heavy (non-hydrogen) atoms. The van der Waals surface area contributed by atoms with E-state index in [1.807, 2.05) is 0 Å². The van der Waals surface area contributed by atoms with E-state index in [4.69, 9.17) is 14.2 Å². The van der Waals surface area contributed by atoms with Crippen LogP contribution in [0, 0.1) is 11.8 Å². The molecule has 0 radical (unpaired) electrons. The topological polar surface area (TPSA) is 138 Å². The molecule has 1 aromatic rings. The van der Waals surface area contributed by atoms with Crippen LogP contribution < -0.4 is 14.8 Å². The first-order chi connectivity index (χ1) is 17.5. The van der Waals surface area contributed by atoms with Crippen LogP contribution in [0.3, 0.4) is 0 Å². The van der Waals surface area contributed by atoms with E-state index in [0.29, 0.717) is 60.3 Å². The zero-order chi connectivity index (χ0) is 25.4. The molecular formula is C26H34N2O8. The van der Waals surface area contributed by atoms with E-state index >= 15 is 0 Å². The SMILES string of the molecule is COc1cc(CO)cc2c1OC1C2C(C(=O)NCCO)=CC(N(CC2CC2)C(=O)C2CCOC2)C1O. The van der Waals surface area contributed by atoms with Crippen molar-refractivity contribution in [2.75, 3.05) is 40.0 Å². The van der Waals surface area contributed by atoms with Crippen LogP contribution in [0.4, 0.5) is 0 Å². The molecule has 0 aromatic heterocycles. The van der Waals surface area contributed by atoms with Crippen molar-refractivity contribution in [2.24, 2.45) is 11.8 Å². The molecule has 2 fully saturated rings. The van der Waals surface area contributed by atoms with Gasteiger partial charge in [0, 0.05) is 30.8 Å². The summed E-state index contributed by atoms with van der Waals surface area (Å²) in [5, 5.41) is 33.4. The number of rotatable bonds is 9. The molecule has 5 atom stereocenters. The smallest absolute Gasteiger partial charge is 0.247 e. The van der Waals surface area contributed by atoms with Crippen molar-refractivity contribution in [1.82, 2.24) is 10.2 Å². The van der Waals surface area contributed by atoms with E-state index < -0.39 is 30.1 Å². The number of nitrogens with zero attached hydrogens (tertiary/aromatic N) is 1. The number of aliphatic hydroxyl groups excluding tert-OH is 3. The largest absolute Gasteiger partial charge is 0.493 e. The van der Waals surface area contributed by atoms with Crippen LogP contribution in [-0.4, -0.2) is 90.3 Å². The van der Waals surface area contributed by atoms with E-state index in [0.717, 1.165) is 12.8 Å². The standard InChI is InChI=1S/C26H34N2O8/c1-34-20-9-15(12-30)8-17-21-18(25(32)27-5-6-29)10-19(22(31)24(21)36-23(17)20)28(11-14-2-3-14)26(33)16-4-7-35-13-16/h8-10,14,16,19,21-22,24,29-31H,2-7,11-13H2,1H3,(H,27,32). The van der Waals surface area contributed by atoms with Crippen LogP contribution in [-0.2, 0) is 20.9 Å². The van der Waals surface area contributed by atoms with Gasteiger partial charge in [0.25, 0.3) is 0 Å². The quantitative estimate of drug-likeness (QED) is 0.373. The average Bonchev–Trinajstić information content (AvgIpc) is 3.38. The Bertz CT molecular complexity index is 1030. The Morgan fingerprint density at radius 1 is 1.22 bits per heavy atom. The molecule has 196 valence electrons. The van der Waals surface area contributed by atoms with E-state index in [2.05, 4.69) is 5.32 Å². The van der Waals surface area contributed by atoms with Gasteiger partial charge < -0.3 is 39.7 Å². The third-order valence-corrected chi connectivity index (χ3v) is 7.57. The molecule has 0 spiro atoms. The van der Waals surface area contributed by atoms with Gasteiger partial charge in [0.15, 0.2) is 11.5 Å². The number of methoxy groups -OCH3 is 1. The van der Waals surface area contributed by atoms with Gasteiger partial charge in [0.2, 0.25) is 11.8 Å². The third-order valence-electron chi connectivity index (χ3n) is 7.57. The van der Waals surface area contributed by atoms with Crippen molar-refractivity contribution in [3.63, 3.8) is 0 Å². The lowest BCUT2D eigenvalue weighted by molar-refractivity contribution is -0.141. The summed E-state index contributed by atoms with van der Waals surface area (Å²) in [4.78, 5) is 28.6. The fraction of sp³-hybridized carbons (Fsp3) is 0.615. The minimum atomic E-state index is -1.09. The summed E-state index contributed by atoms with van der Waals surface area (Å²) in [6.45, 7) is 1.00. The molecular weight excluding hydrogens is 468 g/mol. The number of carbonyl (C=O) groups excluding carboxylic acids is 2. The first kappa shape index (κ1) is 25.0. The predicted molar refractivity (Wildman–Crippen MR) is 127 cm³/mol. The predicted octanol–water partition coefficient (Wildman–Crippen LogP) is 0.0852. The summed E-state index contributed by atoms with van der Waals surface area (Å²) < 4.78 is 17.2. The molecule has 5 rings (SSSR count). The molecule has 2 aliphatic carbocycles. The number of hydrogen-bond donors (Lipinski definition) is 4. The van der Waals surface area contributed by atoms with Crippen LogP contribution >= 0.6 is 0 Å². The Morgan fingerprint density at radius 2 is 2.03 bits per heavy atom. The van der Waals surface area contributed by atoms with Crippen LogP contribution in [0.15, 0.2) is 23.8 Å². The number of benzene rings is 1. The van der Waals surface area contributed by atoms with Gasteiger partial charge in [-0.25, -0.2) is 0 Å². The molecule has 1 aromatic carbocycles. The Labute approximate surface area is 209 Å². The van der Waals surface area contributed by atoms with Crippen molar-refractivity contribution < 1.29 is 39.1 Å². The first-order valence-electron chi connectivity index (χ1n) is 12.6. The second-order valence-corrected chi connectivity index (χ2v) is 10.0. The monoisotopic (exact) mass is 502 g/mol. The molecule has 2 heterocycles. The summed E-state index contributed by atoms with van der Waals surface area (Å²) in [7, 11) is 1.49. The third kappa shape index (κ3) is 4.58. The number of ether oxygens (including phenoxy) is 3. The second kappa shape index (κ2) is 10.4. The normalized spacial score (nSPS) is 28.6. The van der Waals surface area contributed by atoms with Crippen molar-refractivity contribution >= 4 is 11.8 Å². The lowest BCUT2D eigenvalue weighted by atomic mass is 9.77. The summed E-state index contributed by atoms with van der Waals surface area (Å²) in [5.74, 6) is -0.197. The van der Waals surface area contributed by atoms with E-state index in [-0.39, 0.29) is 31.6 Å². The first-order valence-corrected chi connectivity index (χ1v) is 12.6. The zero-order valence-corrected chi connectivity index (χ0v) is 20.4. The number of fused-ring (bicyclic) bond motifs is 3. The molecule has 4 aliphatic rings. The van der Waals surface area contributed by atoms with Crippen molar-refractivity contribution in [3.05, 3.63) is 34.9 Å². The highest BCUT2D eigenvalue weighted by molar-refractivity contribution is 5.96. The Morgan fingerprint density at radius 3 is 2.67 bits per heavy atom. The highest BCUT2D eigenvalue weighted by Gasteiger charge is 2.52. The van der Waals surface area contributed by atoms with Crippen molar-refractivity contribution in [3.8, 4) is 11.5 Å². The Hall–Kier alpha value is -2.66. The second-order valence-electron chi connectivity index (χ2n) is 10.0. The molecule has 1 saturated heterocycles. The highest BCUT2D eigenvalue weighted by Crippen LogP contribution is 2.51. The van der Waals surface area contributed by atoms with E-state index in [9.17, 15) is 24.9 Å². The van der Waals surface area contributed by atoms with Crippen LogP contribution in [0.2, 0.25) is 0 Å². The fourth-order valence-electron chi connectivity index (χ4n) is 5.52. The maximum absolute atomic E-state index is 13.6. The number of nitrogens with one attached hydrogen (secondary N) is 1. The number of hydrogen-bond acceptors (Lipinski definition) is 8. The molecule has 5 unspecified atom stereocenters. The lowest BCUT2D eigenvalue weighted by Crippen LogP contribution is -2.57. The van der Waals surface area contributed by atoms with E-state index in [1.54, 1.807) is 23.1 Å². The minimum Gasteiger partial charge on any atom is -0.493 e. The summed E-state index contributed by atoms with van der Waals surface area (Å²) in [6.07, 6.45) is 2.44. The average molecular weight is 503 g/mol. The van der Waals surface area contributed by atoms with Crippen LogP contribution in [0.25, 0.3) is 0 Å². The van der Waals surface area contributed by atoms with Gasteiger partial charge in [0.1, 0.15) is 12.2 Å². The number of amides is 2. The van der Waals surface area contributed by atoms with Gasteiger partial charge in [-0.05, 0) is 49.0 Å². The zero-order valence-electron chi connectivity index (χ0n) is 20.4. The minimum absolute atomic E-state index is 0.0681. The number of carbonyl (C=O) groups is 2. The maximum Gasteiger partial charge on any atom is 0.247 e. The van der Waals surface area contributed by atoms with E-state index in [1.165, 1.54) is 7.11 Å². The van der Waals surface area contributed by atoms with Crippen LogP contribution in [0.5, 0.6) is 11.5 Å². The summed E-state index contributed by atoms with van der Waals surface area (Å²) in [6, 6.07) is 2.66. The Balaban J connectivity index is 1.56. The fourth-order valence-corrected chi connectivity index (χ4v) is 5.52. The van der Waals surface area contributed by atoms with Gasteiger partial charge in [-0.3, -0.25) is 9.59 Å². The molecule has 10 heteroatoms. The molecule has 2 aliphatic heterocycles. The molecule has 10 nitrogen and oxygen atoms in total. The molecule has 2 amide bonds. The van der Waals surface area contributed by atoms with Gasteiger partial charge in [-0.2, -0.15) is 0 Å². The molecule has 1 saturated carbocycles. The summed E-state index contributed by atoms with van der Waals surface area (Å²) in [5.41, 5.74) is 1.58. The van der Waals surface area contributed by atoms with Crippen molar-refractivity contribution in [1.29, 1.82) is 0 Å². The Kier molecular flexibility index (Phi) is 7.21. The van der Waals surface area contributed by atoms with Crippen molar-refractivity contribution in [2.45, 2.75) is 50.0 Å².